The second-order valence-corrected chi connectivity index (χ2v) is 10.1. The second kappa shape index (κ2) is 11.3. The topological polar surface area (TPSA) is 55.8 Å². The molecule has 0 N–H and O–H groups in total. The fraction of sp³-hybridized carbons (Fsp3) is 0.154. The predicted octanol–water partition coefficient (Wildman–Crippen LogP) is 7.16. The van der Waals surface area contributed by atoms with E-state index >= 15 is 0 Å². The van der Waals surface area contributed by atoms with E-state index in [0.717, 1.165) is 32.0 Å². The Morgan fingerprint density at radius 3 is 2.50 bits per heavy atom. The van der Waals surface area contributed by atoms with Gasteiger partial charge < -0.3 is 9.47 Å². The van der Waals surface area contributed by atoms with Crippen molar-refractivity contribution in [3.05, 3.63) is 96.9 Å². The Hall–Kier alpha value is -2.49. The normalized spacial score (nSPS) is 14.7. The lowest BCUT2D eigenvalue weighted by molar-refractivity contribution is -0.123. The van der Waals surface area contributed by atoms with E-state index in [4.69, 9.17) is 21.1 Å². The maximum Gasteiger partial charge on any atom is 0.293 e. The molecule has 3 aromatic carbocycles. The van der Waals surface area contributed by atoms with E-state index in [1.807, 2.05) is 67.6 Å². The molecule has 0 aliphatic carbocycles. The van der Waals surface area contributed by atoms with Gasteiger partial charge in [-0.25, -0.2) is 0 Å². The fourth-order valence-corrected chi connectivity index (χ4v) is 4.76. The average molecular weight is 606 g/mol. The Morgan fingerprint density at radius 2 is 1.76 bits per heavy atom. The van der Waals surface area contributed by atoms with Crippen LogP contribution in [0.15, 0.2) is 71.6 Å². The number of rotatable bonds is 8. The summed E-state index contributed by atoms with van der Waals surface area (Å²) < 4.78 is 12.8. The van der Waals surface area contributed by atoms with E-state index in [0.29, 0.717) is 34.6 Å². The molecule has 174 valence electrons. The number of carbonyl (C=O) groups is 2. The number of hydrogen-bond donors (Lipinski definition) is 0. The lowest BCUT2D eigenvalue weighted by Crippen LogP contribution is -2.27. The largest absolute Gasteiger partial charge is 0.490 e. The summed E-state index contributed by atoms with van der Waals surface area (Å²) in [6.45, 7) is 2.95. The molecule has 3 aromatic rings. The van der Waals surface area contributed by atoms with E-state index < -0.39 is 0 Å². The Labute approximate surface area is 221 Å². The van der Waals surface area contributed by atoms with E-state index in [1.165, 1.54) is 4.90 Å². The lowest BCUT2D eigenvalue weighted by atomic mass is 10.1. The van der Waals surface area contributed by atoms with E-state index in [1.54, 1.807) is 12.1 Å². The van der Waals surface area contributed by atoms with Gasteiger partial charge in [-0.05, 0) is 100 Å². The molecule has 0 spiro atoms. The molecule has 1 fully saturated rings. The zero-order chi connectivity index (χ0) is 24.1. The molecule has 4 rings (SSSR count). The van der Waals surface area contributed by atoms with Gasteiger partial charge in [-0.3, -0.25) is 14.5 Å². The number of ether oxygens (including phenoxy) is 2. The quantitative estimate of drug-likeness (QED) is 0.202. The molecule has 0 atom stereocenters. The van der Waals surface area contributed by atoms with Crippen LogP contribution in [0.5, 0.6) is 11.5 Å². The van der Waals surface area contributed by atoms with Crippen molar-refractivity contribution in [2.75, 3.05) is 6.61 Å². The van der Waals surface area contributed by atoms with Gasteiger partial charge in [0.1, 0.15) is 6.61 Å². The Bertz CT molecular complexity index is 1250. The summed E-state index contributed by atoms with van der Waals surface area (Å²) in [6.07, 6.45) is 1.71. The van der Waals surface area contributed by atoms with Crippen molar-refractivity contribution in [3.8, 4) is 11.5 Å². The molecule has 2 amide bonds. The van der Waals surface area contributed by atoms with Crippen molar-refractivity contribution in [1.82, 2.24) is 4.90 Å². The van der Waals surface area contributed by atoms with Crippen molar-refractivity contribution in [2.45, 2.75) is 20.1 Å². The monoisotopic (exact) mass is 605 g/mol. The van der Waals surface area contributed by atoms with Gasteiger partial charge in [0.2, 0.25) is 0 Å². The third kappa shape index (κ3) is 6.14. The summed E-state index contributed by atoms with van der Waals surface area (Å²) in [5.74, 6) is 0.856. The summed E-state index contributed by atoms with van der Waals surface area (Å²) in [4.78, 5) is 27.0. The first-order valence-corrected chi connectivity index (χ1v) is 12.8. The van der Waals surface area contributed by atoms with Crippen LogP contribution in [-0.4, -0.2) is 22.7 Å². The number of thioether (sulfide) groups is 1. The van der Waals surface area contributed by atoms with Crippen LogP contribution in [0.1, 0.15) is 23.6 Å². The fourth-order valence-electron chi connectivity index (χ4n) is 3.35. The number of imide groups is 1. The first-order chi connectivity index (χ1) is 16.4. The number of amides is 2. The Balaban J connectivity index is 1.50. The number of benzene rings is 3. The number of nitrogens with zero attached hydrogens (tertiary/aromatic N) is 1. The van der Waals surface area contributed by atoms with Crippen LogP contribution in [-0.2, 0) is 17.9 Å². The summed E-state index contributed by atoms with van der Waals surface area (Å²) >= 11 is 9.21. The maximum atomic E-state index is 12.9. The number of hydrogen-bond acceptors (Lipinski definition) is 5. The van der Waals surface area contributed by atoms with Crippen molar-refractivity contribution >= 4 is 63.2 Å². The first-order valence-electron chi connectivity index (χ1n) is 10.6. The highest BCUT2D eigenvalue weighted by Gasteiger charge is 2.35. The molecule has 0 saturated carbocycles. The maximum absolute atomic E-state index is 12.9. The SMILES string of the molecule is CCOc1cc(/C=C2\SC(=O)N(Cc3ccc(I)cc3)C2=O)ccc1OCc1cccc(Cl)c1. The van der Waals surface area contributed by atoms with Crippen LogP contribution >= 0.6 is 46.0 Å². The van der Waals surface area contributed by atoms with Crippen molar-refractivity contribution in [1.29, 1.82) is 0 Å². The molecule has 1 heterocycles. The van der Waals surface area contributed by atoms with Gasteiger partial charge in [0, 0.05) is 8.59 Å². The summed E-state index contributed by atoms with van der Waals surface area (Å²) in [6, 6.07) is 20.7. The highest BCUT2D eigenvalue weighted by Crippen LogP contribution is 2.35. The smallest absolute Gasteiger partial charge is 0.293 e. The minimum Gasteiger partial charge on any atom is -0.490 e. The highest BCUT2D eigenvalue weighted by atomic mass is 127. The van der Waals surface area contributed by atoms with Crippen LogP contribution in [0.4, 0.5) is 4.79 Å². The molecule has 0 unspecified atom stereocenters. The minimum atomic E-state index is -0.298. The Morgan fingerprint density at radius 1 is 0.971 bits per heavy atom. The molecule has 0 aromatic heterocycles. The first kappa shape index (κ1) is 24.6. The summed E-state index contributed by atoms with van der Waals surface area (Å²) in [5, 5.41) is 0.374. The summed E-state index contributed by atoms with van der Waals surface area (Å²) in [7, 11) is 0. The van der Waals surface area contributed by atoms with Gasteiger partial charge >= 0.3 is 0 Å². The van der Waals surface area contributed by atoms with Crippen LogP contribution in [0.25, 0.3) is 6.08 Å². The second-order valence-electron chi connectivity index (χ2n) is 7.45. The molecule has 34 heavy (non-hydrogen) atoms. The number of halogens is 2. The van der Waals surface area contributed by atoms with Gasteiger partial charge in [0.05, 0.1) is 18.1 Å². The molecular weight excluding hydrogens is 585 g/mol. The lowest BCUT2D eigenvalue weighted by Gasteiger charge is -2.13. The summed E-state index contributed by atoms with van der Waals surface area (Å²) in [5.41, 5.74) is 2.60. The van der Waals surface area contributed by atoms with E-state index in [2.05, 4.69) is 22.6 Å². The van der Waals surface area contributed by atoms with Crippen LogP contribution in [0.3, 0.4) is 0 Å². The van der Waals surface area contributed by atoms with Gasteiger partial charge in [0.15, 0.2) is 11.5 Å². The van der Waals surface area contributed by atoms with Crippen molar-refractivity contribution < 1.29 is 19.1 Å². The van der Waals surface area contributed by atoms with E-state index in [-0.39, 0.29) is 17.7 Å². The molecule has 5 nitrogen and oxygen atoms in total. The highest BCUT2D eigenvalue weighted by molar-refractivity contribution is 14.1. The third-order valence-electron chi connectivity index (χ3n) is 4.98. The molecule has 0 bridgehead atoms. The zero-order valence-electron chi connectivity index (χ0n) is 18.3. The predicted molar refractivity (Wildman–Crippen MR) is 144 cm³/mol. The van der Waals surface area contributed by atoms with Crippen molar-refractivity contribution in [2.24, 2.45) is 0 Å². The molecular formula is C26H21ClINO4S. The Kier molecular flexibility index (Phi) is 8.18. The molecule has 0 radical (unpaired) electrons. The zero-order valence-corrected chi connectivity index (χ0v) is 22.0. The third-order valence-corrected chi connectivity index (χ3v) is 6.84. The van der Waals surface area contributed by atoms with Crippen LogP contribution in [0.2, 0.25) is 5.02 Å². The van der Waals surface area contributed by atoms with Gasteiger partial charge in [0.25, 0.3) is 11.1 Å². The van der Waals surface area contributed by atoms with Gasteiger partial charge in [-0.2, -0.15) is 0 Å². The number of carbonyl (C=O) groups excluding carboxylic acids is 2. The van der Waals surface area contributed by atoms with Crippen LogP contribution in [0, 0.1) is 3.57 Å². The molecule has 1 aliphatic rings. The molecule has 1 aliphatic heterocycles. The average Bonchev–Trinajstić information content (AvgIpc) is 3.07. The minimum absolute atomic E-state index is 0.249. The molecule has 8 heteroatoms. The van der Waals surface area contributed by atoms with Crippen molar-refractivity contribution in [3.63, 3.8) is 0 Å². The standard InChI is InChI=1S/C26H21ClINO4S/c1-2-32-23-13-18(8-11-22(23)33-16-19-4-3-5-20(27)12-19)14-24-25(30)29(26(31)34-24)15-17-6-9-21(28)10-7-17/h3-14H,2,15-16H2,1H3/b24-14-. The molecule has 1 saturated heterocycles. The van der Waals surface area contributed by atoms with Gasteiger partial charge in [-0.1, -0.05) is 41.9 Å². The van der Waals surface area contributed by atoms with Gasteiger partial charge in [-0.15, -0.1) is 0 Å². The van der Waals surface area contributed by atoms with Crippen LogP contribution < -0.4 is 9.47 Å². The van der Waals surface area contributed by atoms with E-state index in [9.17, 15) is 9.59 Å².